The lowest BCUT2D eigenvalue weighted by atomic mass is 9.89. The molecular weight excluding hydrogens is 432 g/mol. The second-order valence-corrected chi connectivity index (χ2v) is 8.86. The largest absolute Gasteiger partial charge is 0.449 e. The van der Waals surface area contributed by atoms with Gasteiger partial charge in [0.15, 0.2) is 0 Å². The Balaban J connectivity index is 1.54. The molecule has 0 radical (unpaired) electrons. The SMILES string of the molecule is CN(CC(O)CO)C(=O)OCC1CCc2c(sc(NC(=O)/C=C/c3cccnc3)c2N)C1. The number of nitrogens with two attached hydrogens (primary N) is 1. The molecule has 2 aromatic rings. The summed E-state index contributed by atoms with van der Waals surface area (Å²) in [5.74, 6) is -0.118. The van der Waals surface area contributed by atoms with Crippen LogP contribution in [0.5, 0.6) is 0 Å². The monoisotopic (exact) mass is 460 g/mol. The Bertz CT molecular complexity index is 963. The Morgan fingerprint density at radius 2 is 2.31 bits per heavy atom. The maximum Gasteiger partial charge on any atom is 0.409 e. The maximum absolute atomic E-state index is 12.3. The van der Waals surface area contributed by atoms with Gasteiger partial charge in [0.25, 0.3) is 0 Å². The summed E-state index contributed by atoms with van der Waals surface area (Å²) in [6.45, 7) is -0.157. The van der Waals surface area contributed by atoms with Crippen molar-refractivity contribution >= 4 is 40.1 Å². The number of nitrogens with zero attached hydrogens (tertiary/aromatic N) is 2. The van der Waals surface area contributed by atoms with Crippen LogP contribution in [0.2, 0.25) is 0 Å². The van der Waals surface area contributed by atoms with Crippen molar-refractivity contribution in [1.82, 2.24) is 9.88 Å². The number of aliphatic hydroxyl groups excluding tert-OH is 2. The van der Waals surface area contributed by atoms with Crippen molar-refractivity contribution in [1.29, 1.82) is 0 Å². The zero-order chi connectivity index (χ0) is 23.1. The highest BCUT2D eigenvalue weighted by Crippen LogP contribution is 2.41. The van der Waals surface area contributed by atoms with Crippen LogP contribution in [-0.4, -0.2) is 65.0 Å². The van der Waals surface area contributed by atoms with Gasteiger partial charge in [-0.2, -0.15) is 0 Å². The van der Waals surface area contributed by atoms with E-state index in [1.54, 1.807) is 24.5 Å². The van der Waals surface area contributed by atoms with E-state index in [1.165, 1.54) is 29.4 Å². The number of nitrogen functional groups attached to an aromatic ring is 1. The minimum Gasteiger partial charge on any atom is -0.449 e. The number of nitrogens with one attached hydrogen (secondary N) is 1. The number of anilines is 2. The third-order valence-electron chi connectivity index (χ3n) is 5.21. The number of thiophene rings is 1. The van der Waals surface area contributed by atoms with Crippen LogP contribution in [0.4, 0.5) is 15.5 Å². The Morgan fingerprint density at radius 3 is 3.03 bits per heavy atom. The second-order valence-electron chi connectivity index (χ2n) is 7.76. The first-order valence-electron chi connectivity index (χ1n) is 10.3. The highest BCUT2D eigenvalue weighted by atomic mass is 32.1. The van der Waals surface area contributed by atoms with E-state index in [2.05, 4.69) is 10.3 Å². The molecule has 1 aliphatic rings. The van der Waals surface area contributed by atoms with Gasteiger partial charge >= 0.3 is 6.09 Å². The number of rotatable bonds is 8. The molecule has 0 saturated heterocycles. The molecule has 2 unspecified atom stereocenters. The number of aromatic nitrogens is 1. The first-order valence-corrected chi connectivity index (χ1v) is 11.1. The molecule has 3 rings (SSSR count). The molecule has 2 heterocycles. The molecule has 0 aliphatic heterocycles. The molecule has 1 aliphatic carbocycles. The van der Waals surface area contributed by atoms with Gasteiger partial charge in [0.2, 0.25) is 5.91 Å². The zero-order valence-electron chi connectivity index (χ0n) is 17.9. The van der Waals surface area contributed by atoms with Crippen LogP contribution < -0.4 is 11.1 Å². The minimum atomic E-state index is -0.994. The normalized spacial score (nSPS) is 16.4. The molecule has 5 N–H and O–H groups in total. The molecule has 10 heteroatoms. The van der Waals surface area contributed by atoms with Crippen LogP contribution in [0.25, 0.3) is 6.08 Å². The van der Waals surface area contributed by atoms with Gasteiger partial charge in [-0.25, -0.2) is 4.79 Å². The van der Waals surface area contributed by atoms with Gasteiger partial charge in [-0.3, -0.25) is 9.78 Å². The second kappa shape index (κ2) is 11.1. The van der Waals surface area contributed by atoms with Crippen molar-refractivity contribution in [2.45, 2.75) is 25.4 Å². The van der Waals surface area contributed by atoms with Crippen LogP contribution in [0.3, 0.4) is 0 Å². The molecule has 0 spiro atoms. The van der Waals surface area contributed by atoms with Crippen molar-refractivity contribution in [2.75, 3.05) is 37.9 Å². The number of ether oxygens (including phenoxy) is 1. The van der Waals surface area contributed by atoms with Gasteiger partial charge < -0.3 is 30.9 Å². The van der Waals surface area contributed by atoms with Crippen molar-refractivity contribution < 1.29 is 24.5 Å². The van der Waals surface area contributed by atoms with E-state index < -0.39 is 18.8 Å². The van der Waals surface area contributed by atoms with E-state index in [9.17, 15) is 14.7 Å². The number of pyridine rings is 1. The van der Waals surface area contributed by atoms with Crippen LogP contribution >= 0.6 is 11.3 Å². The molecule has 0 aromatic carbocycles. The summed E-state index contributed by atoms with van der Waals surface area (Å²) in [5.41, 5.74) is 8.75. The zero-order valence-corrected chi connectivity index (χ0v) is 18.7. The molecule has 0 saturated carbocycles. The number of likely N-dealkylation sites (N-methyl/N-ethyl adjacent to an activating group) is 1. The summed E-state index contributed by atoms with van der Waals surface area (Å²) in [4.78, 5) is 30.7. The number of hydrogen-bond donors (Lipinski definition) is 4. The molecule has 2 amide bonds. The van der Waals surface area contributed by atoms with Crippen molar-refractivity contribution in [3.63, 3.8) is 0 Å². The van der Waals surface area contributed by atoms with Gasteiger partial charge in [-0.05, 0) is 48.4 Å². The van der Waals surface area contributed by atoms with E-state index in [1.807, 2.05) is 6.07 Å². The van der Waals surface area contributed by atoms with E-state index in [4.69, 9.17) is 15.6 Å². The lowest BCUT2D eigenvalue weighted by molar-refractivity contribution is -0.111. The van der Waals surface area contributed by atoms with Gasteiger partial charge in [0.1, 0.15) is 5.00 Å². The average Bonchev–Trinajstić information content (AvgIpc) is 3.10. The third kappa shape index (κ3) is 6.28. The minimum absolute atomic E-state index is 0.00386. The Labute approximate surface area is 190 Å². The predicted molar refractivity (Wildman–Crippen MR) is 123 cm³/mol. The van der Waals surface area contributed by atoms with Crippen molar-refractivity contribution in [2.24, 2.45) is 5.92 Å². The maximum atomic E-state index is 12.3. The Kier molecular flexibility index (Phi) is 8.20. The molecule has 9 nitrogen and oxygen atoms in total. The van der Waals surface area contributed by atoms with E-state index in [0.717, 1.165) is 28.8 Å². The first-order chi connectivity index (χ1) is 15.4. The lowest BCUT2D eigenvalue weighted by Gasteiger charge is -2.24. The number of amides is 2. The van der Waals surface area contributed by atoms with E-state index in [0.29, 0.717) is 17.1 Å². The lowest BCUT2D eigenvalue weighted by Crippen LogP contribution is -2.37. The van der Waals surface area contributed by atoms with Crippen LogP contribution in [-0.2, 0) is 22.4 Å². The molecule has 172 valence electrons. The van der Waals surface area contributed by atoms with Gasteiger partial charge in [-0.1, -0.05) is 6.07 Å². The molecule has 2 aromatic heterocycles. The number of hydrogen-bond acceptors (Lipinski definition) is 8. The van der Waals surface area contributed by atoms with Crippen molar-refractivity contribution in [3.05, 3.63) is 46.6 Å². The van der Waals surface area contributed by atoms with Crippen LogP contribution in [0.15, 0.2) is 30.6 Å². The van der Waals surface area contributed by atoms with E-state index >= 15 is 0 Å². The summed E-state index contributed by atoms with van der Waals surface area (Å²) >= 11 is 1.45. The van der Waals surface area contributed by atoms with Gasteiger partial charge in [0.05, 0.1) is 31.5 Å². The highest BCUT2D eigenvalue weighted by molar-refractivity contribution is 7.17. The quantitative estimate of drug-likeness (QED) is 0.441. The summed E-state index contributed by atoms with van der Waals surface area (Å²) in [7, 11) is 1.51. The van der Waals surface area contributed by atoms with Gasteiger partial charge in [-0.15, -0.1) is 11.3 Å². The fourth-order valence-electron chi connectivity index (χ4n) is 3.46. The Morgan fingerprint density at radius 1 is 1.50 bits per heavy atom. The standard InChI is InChI=1S/C22H28N4O5S/c1-26(11-16(28)12-27)22(30)31-13-15-4-6-17-18(9-15)32-21(20(17)23)25-19(29)7-5-14-3-2-8-24-10-14/h2-3,5,7-8,10,15-16,27-28H,4,6,9,11-13,23H2,1H3,(H,25,29)/b7-5+. The van der Waals surface area contributed by atoms with Gasteiger partial charge in [0, 0.05) is 30.4 Å². The number of carbonyl (C=O) groups is 2. The topological polar surface area (TPSA) is 138 Å². The predicted octanol–water partition coefficient (Wildman–Crippen LogP) is 1.90. The molecule has 0 fully saturated rings. The Hall–Kier alpha value is -2.95. The first kappa shape index (κ1) is 23.7. The highest BCUT2D eigenvalue weighted by Gasteiger charge is 2.26. The van der Waals surface area contributed by atoms with Crippen molar-refractivity contribution in [3.8, 4) is 0 Å². The molecule has 2 atom stereocenters. The summed E-state index contributed by atoms with van der Waals surface area (Å²) in [6, 6.07) is 3.65. The molecule has 32 heavy (non-hydrogen) atoms. The van der Waals surface area contributed by atoms with Crippen LogP contribution in [0.1, 0.15) is 22.4 Å². The molecular formula is C22H28N4O5S. The summed E-state index contributed by atoms with van der Waals surface area (Å²) in [6.07, 6.45) is 7.22. The molecule has 0 bridgehead atoms. The van der Waals surface area contributed by atoms with Crippen LogP contribution in [0, 0.1) is 5.92 Å². The number of fused-ring (bicyclic) bond motifs is 1. The average molecular weight is 461 g/mol. The fraction of sp³-hybridized carbons (Fsp3) is 0.409. The van der Waals surface area contributed by atoms with E-state index in [-0.39, 0.29) is 25.0 Å². The summed E-state index contributed by atoms with van der Waals surface area (Å²) < 4.78 is 5.36. The number of aliphatic hydroxyl groups is 2. The fourth-order valence-corrected chi connectivity index (χ4v) is 4.75. The number of carbonyl (C=O) groups excluding carboxylic acids is 2. The summed E-state index contributed by atoms with van der Waals surface area (Å²) in [5, 5.41) is 21.8. The third-order valence-corrected chi connectivity index (χ3v) is 6.39. The smallest absolute Gasteiger partial charge is 0.409 e.